The normalized spacial score (nSPS) is 15.0. The van der Waals surface area contributed by atoms with Crippen molar-refractivity contribution in [2.75, 3.05) is 26.2 Å². The van der Waals surface area contributed by atoms with Crippen LogP contribution >= 0.6 is 11.6 Å². The first-order chi connectivity index (χ1) is 13.6. The number of rotatable bonds is 4. The Kier molecular flexibility index (Phi) is 5.41. The van der Waals surface area contributed by atoms with Gasteiger partial charge >= 0.3 is 0 Å². The largest absolute Gasteiger partial charge is 0.336 e. The maximum Gasteiger partial charge on any atom is 0.258 e. The molecule has 7 heteroatoms. The van der Waals surface area contributed by atoms with Crippen molar-refractivity contribution in [1.29, 1.82) is 0 Å². The number of para-hydroxylation sites is 1. The first kappa shape index (κ1) is 18.7. The Morgan fingerprint density at radius 2 is 1.82 bits per heavy atom. The van der Waals surface area contributed by atoms with Crippen LogP contribution in [-0.2, 0) is 6.54 Å². The second kappa shape index (κ2) is 8.12. The van der Waals surface area contributed by atoms with E-state index in [0.717, 1.165) is 25.3 Å². The Labute approximate surface area is 169 Å². The van der Waals surface area contributed by atoms with Crippen LogP contribution in [0.5, 0.6) is 0 Å². The van der Waals surface area contributed by atoms with Gasteiger partial charge in [0.2, 0.25) is 0 Å². The van der Waals surface area contributed by atoms with Crippen LogP contribution in [0, 0.1) is 6.92 Å². The lowest BCUT2D eigenvalue weighted by molar-refractivity contribution is 0.0628. The highest BCUT2D eigenvalue weighted by atomic mass is 35.5. The van der Waals surface area contributed by atoms with Crippen LogP contribution in [0.4, 0.5) is 0 Å². The van der Waals surface area contributed by atoms with Gasteiger partial charge in [0.25, 0.3) is 5.91 Å². The number of hydrogen-bond donors (Lipinski definition) is 0. The third-order valence-electron chi connectivity index (χ3n) is 5.01. The lowest BCUT2D eigenvalue weighted by atomic mass is 10.2. The fraction of sp³-hybridized carbons (Fsp3) is 0.286. The number of nitrogens with zero attached hydrogens (tertiary/aromatic N) is 5. The van der Waals surface area contributed by atoms with Crippen LogP contribution in [0.2, 0.25) is 5.15 Å². The Hall–Kier alpha value is -2.70. The Morgan fingerprint density at radius 3 is 2.50 bits per heavy atom. The molecule has 0 saturated carbocycles. The van der Waals surface area contributed by atoms with Crippen molar-refractivity contribution in [2.45, 2.75) is 13.5 Å². The molecule has 1 amide bonds. The van der Waals surface area contributed by atoms with E-state index in [4.69, 9.17) is 11.6 Å². The minimum Gasteiger partial charge on any atom is -0.336 e. The summed E-state index contributed by atoms with van der Waals surface area (Å²) in [6.07, 6.45) is 3.67. The van der Waals surface area contributed by atoms with Crippen molar-refractivity contribution in [1.82, 2.24) is 24.6 Å². The second-order valence-electron chi connectivity index (χ2n) is 6.93. The van der Waals surface area contributed by atoms with Crippen LogP contribution in [0.15, 0.2) is 54.9 Å². The maximum atomic E-state index is 13.1. The minimum absolute atomic E-state index is 0.0503. The first-order valence-electron chi connectivity index (χ1n) is 9.34. The minimum atomic E-state index is -0.0503. The zero-order valence-corrected chi connectivity index (χ0v) is 16.5. The van der Waals surface area contributed by atoms with E-state index in [0.29, 0.717) is 29.5 Å². The molecule has 0 radical (unpaired) electrons. The van der Waals surface area contributed by atoms with Crippen molar-refractivity contribution >= 4 is 17.5 Å². The van der Waals surface area contributed by atoms with Gasteiger partial charge in [-0.15, -0.1) is 0 Å². The molecule has 1 saturated heterocycles. The molecule has 0 N–H and O–H groups in total. The molecule has 0 spiro atoms. The molecular formula is C21H22ClN5O. The molecule has 144 valence electrons. The predicted molar refractivity (Wildman–Crippen MR) is 109 cm³/mol. The van der Waals surface area contributed by atoms with Gasteiger partial charge in [0.15, 0.2) is 0 Å². The summed E-state index contributed by atoms with van der Waals surface area (Å²) in [4.78, 5) is 21.5. The monoisotopic (exact) mass is 395 g/mol. The molecule has 0 atom stereocenters. The number of hydrogen-bond acceptors (Lipinski definition) is 4. The number of aryl methyl sites for hydroxylation is 1. The fourth-order valence-electron chi connectivity index (χ4n) is 3.50. The van der Waals surface area contributed by atoms with Crippen molar-refractivity contribution in [2.24, 2.45) is 0 Å². The van der Waals surface area contributed by atoms with Crippen molar-refractivity contribution in [3.8, 4) is 5.69 Å². The number of halogens is 1. The summed E-state index contributed by atoms with van der Waals surface area (Å²) in [6.45, 7) is 5.67. The summed E-state index contributed by atoms with van der Waals surface area (Å²) in [5.74, 6) is -0.0503. The number of pyridine rings is 1. The lowest BCUT2D eigenvalue weighted by Gasteiger charge is -2.34. The van der Waals surface area contributed by atoms with Crippen molar-refractivity contribution in [3.63, 3.8) is 0 Å². The molecule has 0 unspecified atom stereocenters. The zero-order valence-electron chi connectivity index (χ0n) is 15.8. The van der Waals surface area contributed by atoms with Gasteiger partial charge in [-0.1, -0.05) is 35.9 Å². The molecule has 3 aromatic rings. The third kappa shape index (κ3) is 3.79. The van der Waals surface area contributed by atoms with Gasteiger partial charge < -0.3 is 4.90 Å². The van der Waals surface area contributed by atoms with E-state index >= 15 is 0 Å². The van der Waals surface area contributed by atoms with Gasteiger partial charge in [0.05, 0.1) is 16.9 Å². The van der Waals surface area contributed by atoms with E-state index in [-0.39, 0.29) is 5.91 Å². The molecule has 0 aliphatic carbocycles. The number of carbonyl (C=O) groups is 1. The third-order valence-corrected chi connectivity index (χ3v) is 5.36. The number of aromatic nitrogens is 3. The lowest BCUT2D eigenvalue weighted by Crippen LogP contribution is -2.48. The first-order valence-corrected chi connectivity index (χ1v) is 9.72. The molecule has 6 nitrogen and oxygen atoms in total. The SMILES string of the molecule is Cc1nn(-c2ccccc2)c(Cl)c1C(=O)N1CCN(Cc2cccnc2)CC1. The molecule has 3 heterocycles. The van der Waals surface area contributed by atoms with Crippen LogP contribution in [-0.4, -0.2) is 56.7 Å². The molecular weight excluding hydrogens is 374 g/mol. The van der Waals surface area contributed by atoms with Gasteiger partial charge in [0.1, 0.15) is 5.15 Å². The van der Waals surface area contributed by atoms with Crippen LogP contribution in [0.3, 0.4) is 0 Å². The summed E-state index contributed by atoms with van der Waals surface area (Å²) in [6, 6.07) is 13.6. The van der Waals surface area contributed by atoms with Crippen LogP contribution in [0.25, 0.3) is 5.69 Å². The van der Waals surface area contributed by atoms with E-state index in [1.165, 1.54) is 5.56 Å². The standard InChI is InChI=1S/C21H22ClN5O/c1-16-19(20(22)27(24-16)18-7-3-2-4-8-18)21(28)26-12-10-25(11-13-26)15-17-6-5-9-23-14-17/h2-9,14H,10-13,15H2,1H3. The Balaban J connectivity index is 1.45. The van der Waals surface area contributed by atoms with Crippen molar-refractivity contribution in [3.05, 3.63) is 76.8 Å². The molecule has 1 aliphatic heterocycles. The maximum absolute atomic E-state index is 13.1. The topological polar surface area (TPSA) is 54.3 Å². The van der Waals surface area contributed by atoms with Gasteiger partial charge in [-0.2, -0.15) is 5.10 Å². The molecule has 2 aromatic heterocycles. The molecule has 1 aliphatic rings. The summed E-state index contributed by atoms with van der Waals surface area (Å²) in [5.41, 5.74) is 3.17. The highest BCUT2D eigenvalue weighted by molar-refractivity contribution is 6.33. The zero-order chi connectivity index (χ0) is 19.5. The molecule has 1 fully saturated rings. The van der Waals surface area contributed by atoms with E-state index < -0.39 is 0 Å². The van der Waals surface area contributed by atoms with Gasteiger partial charge in [0, 0.05) is 45.1 Å². The summed E-state index contributed by atoms with van der Waals surface area (Å²) in [5, 5.41) is 4.85. The highest BCUT2D eigenvalue weighted by Gasteiger charge is 2.28. The molecule has 4 rings (SSSR count). The highest BCUT2D eigenvalue weighted by Crippen LogP contribution is 2.25. The average molecular weight is 396 g/mol. The fourth-order valence-corrected chi connectivity index (χ4v) is 3.85. The van der Waals surface area contributed by atoms with Crippen LogP contribution in [0.1, 0.15) is 21.6 Å². The van der Waals surface area contributed by atoms with E-state index in [1.54, 1.807) is 10.9 Å². The van der Waals surface area contributed by atoms with Crippen LogP contribution < -0.4 is 0 Å². The van der Waals surface area contributed by atoms with E-state index in [1.807, 2.05) is 54.4 Å². The predicted octanol–water partition coefficient (Wildman–Crippen LogP) is 3.19. The van der Waals surface area contributed by atoms with Gasteiger partial charge in [-0.25, -0.2) is 4.68 Å². The van der Waals surface area contributed by atoms with E-state index in [9.17, 15) is 4.79 Å². The van der Waals surface area contributed by atoms with Gasteiger partial charge in [-0.05, 0) is 30.7 Å². The number of benzene rings is 1. The van der Waals surface area contributed by atoms with Crippen molar-refractivity contribution < 1.29 is 4.79 Å². The van der Waals surface area contributed by atoms with Gasteiger partial charge in [-0.3, -0.25) is 14.7 Å². The smallest absolute Gasteiger partial charge is 0.258 e. The quantitative estimate of drug-likeness (QED) is 0.680. The number of piperazine rings is 1. The Morgan fingerprint density at radius 1 is 1.07 bits per heavy atom. The number of amides is 1. The van der Waals surface area contributed by atoms with E-state index in [2.05, 4.69) is 21.0 Å². The second-order valence-corrected chi connectivity index (χ2v) is 7.29. The molecule has 1 aromatic carbocycles. The Bertz CT molecular complexity index is 950. The summed E-state index contributed by atoms with van der Waals surface area (Å²) < 4.78 is 1.63. The summed E-state index contributed by atoms with van der Waals surface area (Å²) >= 11 is 6.55. The average Bonchev–Trinajstić information content (AvgIpc) is 3.03. The number of carbonyl (C=O) groups excluding carboxylic acids is 1. The molecule has 0 bridgehead atoms. The molecule has 28 heavy (non-hydrogen) atoms. The summed E-state index contributed by atoms with van der Waals surface area (Å²) in [7, 11) is 0.